The van der Waals surface area contributed by atoms with Crippen LogP contribution in [0.25, 0.3) is 31.3 Å². The maximum atomic E-state index is 16.0. The number of fused-ring (bicyclic) bond motifs is 2. The van der Waals surface area contributed by atoms with Crippen LogP contribution in [0.1, 0.15) is 46.9 Å². The number of benzene rings is 2. The Morgan fingerprint density at radius 1 is 0.634 bits per heavy atom. The molecule has 2 heterocycles. The first kappa shape index (κ1) is 30.0. The number of alkyl halides is 6. The largest absolute Gasteiger partial charge is 0.380 e. The second-order valence-corrected chi connectivity index (χ2v) is 11.7. The number of ether oxygens (including phenoxy) is 4. The van der Waals surface area contributed by atoms with Crippen molar-refractivity contribution in [1.29, 1.82) is 0 Å². The van der Waals surface area contributed by atoms with Gasteiger partial charge in [0, 0.05) is 66.4 Å². The van der Waals surface area contributed by atoms with Gasteiger partial charge in [0.2, 0.25) is 0 Å². The average molecular weight is 617 g/mol. The Kier molecular flexibility index (Phi) is 8.03. The lowest BCUT2D eigenvalue weighted by atomic mass is 9.90. The van der Waals surface area contributed by atoms with Crippen LogP contribution in [0.4, 0.5) is 26.3 Å². The molecule has 4 aromatic rings. The molecule has 0 bridgehead atoms. The summed E-state index contributed by atoms with van der Waals surface area (Å²) in [6.45, 7) is 2.61. The minimum absolute atomic E-state index is 0.105. The van der Waals surface area contributed by atoms with E-state index >= 15 is 26.3 Å². The Bertz CT molecular complexity index is 1490. The standard InChI is InChI=1S/C29H26F6O4S2/c1-15(38-13-36-3)25-21(17-9-5-7-11-19(17)40-25)23-24(28(32,33)29(34,35)27(23,30)31)22-18-10-6-8-12-20(18)41-26(22)16(2)39-14-37-4/h5-12,15-16H,13-14H2,1-4H3. The summed E-state index contributed by atoms with van der Waals surface area (Å²) < 4.78 is 117. The molecule has 0 N–H and O–H groups in total. The fourth-order valence-corrected chi connectivity index (χ4v) is 7.52. The minimum Gasteiger partial charge on any atom is -0.359 e. The van der Waals surface area contributed by atoms with Crippen LogP contribution in [-0.2, 0) is 18.9 Å². The zero-order chi connectivity index (χ0) is 29.7. The van der Waals surface area contributed by atoms with Crippen LogP contribution in [0.3, 0.4) is 0 Å². The predicted octanol–water partition coefficient (Wildman–Crippen LogP) is 9.31. The van der Waals surface area contributed by atoms with E-state index in [0.717, 1.165) is 22.7 Å². The highest BCUT2D eigenvalue weighted by Gasteiger charge is 2.80. The molecule has 0 saturated carbocycles. The van der Waals surface area contributed by atoms with E-state index in [-0.39, 0.29) is 34.1 Å². The molecule has 2 aromatic carbocycles. The molecular formula is C29H26F6O4S2. The SMILES string of the molecule is COCOC(C)c1sc2ccccc2c1C1=C(c2c(C(C)OCOC)sc3ccccc23)C(F)(F)C(F)(F)C1(F)F. The van der Waals surface area contributed by atoms with Crippen molar-refractivity contribution in [2.45, 2.75) is 43.8 Å². The second-order valence-electron chi connectivity index (χ2n) is 9.58. The quantitative estimate of drug-likeness (QED) is 0.131. The third kappa shape index (κ3) is 4.59. The number of allylic oxidation sites excluding steroid dienone is 2. The maximum absolute atomic E-state index is 16.0. The highest BCUT2D eigenvalue weighted by Crippen LogP contribution is 2.67. The second kappa shape index (κ2) is 11.0. The van der Waals surface area contributed by atoms with E-state index < -0.39 is 52.2 Å². The molecule has 0 spiro atoms. The number of methoxy groups -OCH3 is 2. The Balaban J connectivity index is 1.94. The Hall–Kier alpha value is -2.48. The Morgan fingerprint density at radius 3 is 1.37 bits per heavy atom. The van der Waals surface area contributed by atoms with Gasteiger partial charge in [0.05, 0.1) is 12.2 Å². The van der Waals surface area contributed by atoms with Crippen molar-refractivity contribution in [3.05, 3.63) is 69.4 Å². The van der Waals surface area contributed by atoms with E-state index in [1.807, 2.05) is 0 Å². The van der Waals surface area contributed by atoms with Crippen molar-refractivity contribution in [3.8, 4) is 0 Å². The van der Waals surface area contributed by atoms with Crippen molar-refractivity contribution < 1.29 is 45.3 Å². The van der Waals surface area contributed by atoms with Gasteiger partial charge in [0.25, 0.3) is 0 Å². The zero-order valence-corrected chi connectivity index (χ0v) is 24.0. The molecule has 0 amide bonds. The molecular weight excluding hydrogens is 590 g/mol. The van der Waals surface area contributed by atoms with Gasteiger partial charge in [-0.1, -0.05) is 36.4 Å². The molecule has 12 heteroatoms. The van der Waals surface area contributed by atoms with Crippen LogP contribution in [0.15, 0.2) is 48.5 Å². The summed E-state index contributed by atoms with van der Waals surface area (Å²) in [7, 11) is 2.73. The molecule has 2 aromatic heterocycles. The molecule has 0 fully saturated rings. The van der Waals surface area contributed by atoms with Crippen LogP contribution in [0, 0.1) is 0 Å². The fraction of sp³-hybridized carbons (Fsp3) is 0.379. The first-order valence-electron chi connectivity index (χ1n) is 12.5. The smallest absolute Gasteiger partial charge is 0.359 e. The third-order valence-corrected chi connectivity index (χ3v) is 9.69. The van der Waals surface area contributed by atoms with Gasteiger partial charge in [0.1, 0.15) is 13.6 Å². The highest BCUT2D eigenvalue weighted by molar-refractivity contribution is 7.20. The third-order valence-electron chi connectivity index (χ3n) is 7.02. The van der Waals surface area contributed by atoms with Gasteiger partial charge < -0.3 is 18.9 Å². The summed E-state index contributed by atoms with van der Waals surface area (Å²) in [6.07, 6.45) is -1.87. The van der Waals surface area contributed by atoms with Crippen LogP contribution < -0.4 is 0 Å². The minimum atomic E-state index is -5.72. The number of halogens is 6. The van der Waals surface area contributed by atoms with Crippen LogP contribution in [0.2, 0.25) is 0 Å². The van der Waals surface area contributed by atoms with Gasteiger partial charge >= 0.3 is 17.8 Å². The maximum Gasteiger partial charge on any atom is 0.380 e. The summed E-state index contributed by atoms with van der Waals surface area (Å²) in [5, 5.41) is 0.289. The van der Waals surface area contributed by atoms with Crippen LogP contribution >= 0.6 is 22.7 Å². The fourth-order valence-electron chi connectivity index (χ4n) is 5.10. The van der Waals surface area contributed by atoms with Gasteiger partial charge in [0.15, 0.2) is 0 Å². The molecule has 0 saturated heterocycles. The summed E-state index contributed by atoms with van der Waals surface area (Å²) in [6, 6.07) is 12.5. The van der Waals surface area contributed by atoms with E-state index in [9.17, 15) is 0 Å². The van der Waals surface area contributed by atoms with Crippen molar-refractivity contribution in [1.82, 2.24) is 0 Å². The first-order valence-corrected chi connectivity index (χ1v) is 14.2. The van der Waals surface area contributed by atoms with E-state index in [0.29, 0.717) is 9.40 Å². The van der Waals surface area contributed by atoms with Gasteiger partial charge in [-0.3, -0.25) is 0 Å². The van der Waals surface area contributed by atoms with Gasteiger partial charge in [-0.05, 0) is 26.0 Å². The number of hydrogen-bond acceptors (Lipinski definition) is 6. The summed E-state index contributed by atoms with van der Waals surface area (Å²) in [5.41, 5.74) is -3.62. The number of hydrogen-bond donors (Lipinski definition) is 0. The molecule has 0 aliphatic heterocycles. The van der Waals surface area contributed by atoms with E-state index in [2.05, 4.69) is 0 Å². The molecule has 4 nitrogen and oxygen atoms in total. The monoisotopic (exact) mass is 616 g/mol. The lowest BCUT2D eigenvalue weighted by Gasteiger charge is -2.26. The first-order chi connectivity index (χ1) is 19.4. The van der Waals surface area contributed by atoms with Crippen molar-refractivity contribution >= 4 is 54.0 Å². The predicted molar refractivity (Wildman–Crippen MR) is 148 cm³/mol. The summed E-state index contributed by atoms with van der Waals surface area (Å²) in [4.78, 5) is 0.211. The normalized spacial score (nSPS) is 19.4. The van der Waals surface area contributed by atoms with Gasteiger partial charge in [-0.25, -0.2) is 0 Å². The van der Waals surface area contributed by atoms with Gasteiger partial charge in [-0.15, -0.1) is 22.7 Å². The molecule has 5 rings (SSSR count). The van der Waals surface area contributed by atoms with E-state index in [1.54, 1.807) is 36.4 Å². The van der Waals surface area contributed by atoms with E-state index in [1.165, 1.54) is 40.2 Å². The molecule has 1 aliphatic carbocycles. The number of rotatable bonds is 10. The van der Waals surface area contributed by atoms with Crippen molar-refractivity contribution in [3.63, 3.8) is 0 Å². The molecule has 0 radical (unpaired) electrons. The molecule has 220 valence electrons. The van der Waals surface area contributed by atoms with Crippen molar-refractivity contribution in [2.24, 2.45) is 0 Å². The average Bonchev–Trinajstić information content (AvgIpc) is 3.54. The number of thiophene rings is 2. The van der Waals surface area contributed by atoms with E-state index in [4.69, 9.17) is 18.9 Å². The van der Waals surface area contributed by atoms with Gasteiger partial charge in [-0.2, -0.15) is 26.3 Å². The lowest BCUT2D eigenvalue weighted by molar-refractivity contribution is -0.254. The Morgan fingerprint density at radius 2 is 1.00 bits per heavy atom. The highest BCUT2D eigenvalue weighted by atomic mass is 32.1. The van der Waals surface area contributed by atoms with Crippen molar-refractivity contribution in [2.75, 3.05) is 27.8 Å². The summed E-state index contributed by atoms with van der Waals surface area (Å²) in [5.74, 6) is -16.2. The van der Waals surface area contributed by atoms with Crippen LogP contribution in [0.5, 0.6) is 0 Å². The molecule has 1 aliphatic rings. The molecule has 41 heavy (non-hydrogen) atoms. The lowest BCUT2D eigenvalue weighted by Crippen LogP contribution is -2.49. The molecule has 2 unspecified atom stereocenters. The summed E-state index contributed by atoms with van der Waals surface area (Å²) >= 11 is 2.04. The topological polar surface area (TPSA) is 36.9 Å². The zero-order valence-electron chi connectivity index (χ0n) is 22.4. The molecule has 2 atom stereocenters. The van der Waals surface area contributed by atoms with Crippen LogP contribution in [-0.4, -0.2) is 45.6 Å². The Labute approximate surface area is 240 Å².